The molecule has 1 aromatic carbocycles. The second kappa shape index (κ2) is 7.71. The van der Waals surface area contributed by atoms with Crippen LogP contribution in [0.4, 0.5) is 0 Å². The molecule has 0 aliphatic rings. The first-order chi connectivity index (χ1) is 8.67. The first-order valence-electron chi connectivity index (χ1n) is 6.34. The fourth-order valence-corrected chi connectivity index (χ4v) is 1.66. The van der Waals surface area contributed by atoms with Crippen LogP contribution < -0.4 is 15.4 Å². The van der Waals surface area contributed by atoms with Crippen molar-refractivity contribution in [2.24, 2.45) is 0 Å². The maximum Gasteiger partial charge on any atom is 0.223 e. The number of benzene rings is 1. The fourth-order valence-electron chi connectivity index (χ4n) is 1.66. The van der Waals surface area contributed by atoms with Gasteiger partial charge in [-0.15, -0.1) is 0 Å². The third-order valence-electron chi connectivity index (χ3n) is 2.77. The Labute approximate surface area is 109 Å². The molecule has 0 spiro atoms. The van der Waals surface area contributed by atoms with Crippen LogP contribution >= 0.6 is 0 Å². The Morgan fingerprint density at radius 3 is 2.56 bits per heavy atom. The molecule has 2 N–H and O–H groups in total. The Balaban J connectivity index is 2.42. The van der Waals surface area contributed by atoms with Crippen molar-refractivity contribution in [1.82, 2.24) is 10.6 Å². The second-order valence-corrected chi connectivity index (χ2v) is 4.12. The van der Waals surface area contributed by atoms with Gasteiger partial charge in [0.15, 0.2) is 0 Å². The number of carbonyl (C=O) groups is 1. The lowest BCUT2D eigenvalue weighted by atomic mass is 10.1. The molecule has 1 unspecified atom stereocenters. The summed E-state index contributed by atoms with van der Waals surface area (Å²) in [5.41, 5.74) is 1.23. The van der Waals surface area contributed by atoms with E-state index in [1.54, 1.807) is 7.05 Å². The van der Waals surface area contributed by atoms with E-state index in [9.17, 15) is 4.79 Å². The largest absolute Gasteiger partial charge is 0.493 e. The Morgan fingerprint density at radius 2 is 2.00 bits per heavy atom. The standard InChI is InChI=1S/C14H22N2O2/c1-4-16-11(2)12-5-7-13(8-6-12)18-10-9-14(17)15-3/h5-8,11,16H,4,9-10H2,1-3H3,(H,15,17). The summed E-state index contributed by atoms with van der Waals surface area (Å²) >= 11 is 0. The monoisotopic (exact) mass is 250 g/mol. The number of ether oxygens (including phenoxy) is 1. The summed E-state index contributed by atoms with van der Waals surface area (Å²) in [7, 11) is 1.62. The van der Waals surface area contributed by atoms with E-state index >= 15 is 0 Å². The van der Waals surface area contributed by atoms with Gasteiger partial charge in [0.25, 0.3) is 0 Å². The molecule has 18 heavy (non-hydrogen) atoms. The number of hydrogen-bond acceptors (Lipinski definition) is 3. The van der Waals surface area contributed by atoms with E-state index in [2.05, 4.69) is 24.5 Å². The summed E-state index contributed by atoms with van der Waals surface area (Å²) in [5.74, 6) is 0.790. The van der Waals surface area contributed by atoms with E-state index in [1.807, 2.05) is 24.3 Å². The molecule has 0 aromatic heterocycles. The van der Waals surface area contributed by atoms with E-state index in [1.165, 1.54) is 5.56 Å². The highest BCUT2D eigenvalue weighted by Crippen LogP contribution is 2.17. The summed E-state index contributed by atoms with van der Waals surface area (Å²) in [6.45, 7) is 5.57. The lowest BCUT2D eigenvalue weighted by Gasteiger charge is -2.13. The molecule has 0 saturated carbocycles. The minimum atomic E-state index is -0.00705. The molecule has 0 saturated heterocycles. The molecular formula is C14H22N2O2. The van der Waals surface area contributed by atoms with Gasteiger partial charge in [0, 0.05) is 13.1 Å². The van der Waals surface area contributed by atoms with Gasteiger partial charge in [-0.3, -0.25) is 4.79 Å². The maximum atomic E-state index is 11.0. The molecule has 1 amide bonds. The van der Waals surface area contributed by atoms with Crippen molar-refractivity contribution in [2.45, 2.75) is 26.3 Å². The molecule has 0 radical (unpaired) electrons. The van der Waals surface area contributed by atoms with Gasteiger partial charge in [-0.05, 0) is 31.2 Å². The molecule has 1 aromatic rings. The van der Waals surface area contributed by atoms with Gasteiger partial charge in [0.1, 0.15) is 5.75 Å². The van der Waals surface area contributed by atoms with E-state index < -0.39 is 0 Å². The Kier molecular flexibility index (Phi) is 6.22. The van der Waals surface area contributed by atoms with Gasteiger partial charge >= 0.3 is 0 Å². The highest BCUT2D eigenvalue weighted by molar-refractivity contribution is 5.75. The SMILES string of the molecule is CCNC(C)c1ccc(OCCC(=O)NC)cc1. The smallest absolute Gasteiger partial charge is 0.223 e. The summed E-state index contributed by atoms with van der Waals surface area (Å²) < 4.78 is 5.49. The Morgan fingerprint density at radius 1 is 1.33 bits per heavy atom. The highest BCUT2D eigenvalue weighted by Gasteiger charge is 2.04. The quantitative estimate of drug-likeness (QED) is 0.776. The van der Waals surface area contributed by atoms with Crippen LogP contribution in [-0.2, 0) is 4.79 Å². The topological polar surface area (TPSA) is 50.4 Å². The van der Waals surface area contributed by atoms with Gasteiger partial charge in [-0.25, -0.2) is 0 Å². The third kappa shape index (κ3) is 4.75. The molecule has 1 atom stereocenters. The molecule has 1 rings (SSSR count). The normalized spacial score (nSPS) is 11.9. The molecule has 0 heterocycles. The molecule has 0 fully saturated rings. The second-order valence-electron chi connectivity index (χ2n) is 4.12. The average molecular weight is 250 g/mol. The van der Waals surface area contributed by atoms with Crippen molar-refractivity contribution < 1.29 is 9.53 Å². The number of hydrogen-bond donors (Lipinski definition) is 2. The van der Waals surface area contributed by atoms with Crippen LogP contribution in [0.15, 0.2) is 24.3 Å². The Hall–Kier alpha value is -1.55. The summed E-state index contributed by atoms with van der Waals surface area (Å²) in [6, 6.07) is 8.31. The third-order valence-corrected chi connectivity index (χ3v) is 2.77. The zero-order valence-corrected chi connectivity index (χ0v) is 11.3. The van der Waals surface area contributed by atoms with Gasteiger partial charge in [-0.1, -0.05) is 19.1 Å². The molecule has 0 bridgehead atoms. The van der Waals surface area contributed by atoms with Crippen LogP contribution in [0.3, 0.4) is 0 Å². The van der Waals surface area contributed by atoms with Crippen molar-refractivity contribution >= 4 is 5.91 Å². The van der Waals surface area contributed by atoms with Gasteiger partial charge < -0.3 is 15.4 Å². The van der Waals surface area contributed by atoms with Crippen molar-refractivity contribution in [3.05, 3.63) is 29.8 Å². The maximum absolute atomic E-state index is 11.0. The minimum absolute atomic E-state index is 0.00705. The first-order valence-corrected chi connectivity index (χ1v) is 6.34. The molecule has 100 valence electrons. The van der Waals surface area contributed by atoms with E-state index in [0.29, 0.717) is 19.1 Å². The van der Waals surface area contributed by atoms with Crippen LogP contribution in [0.2, 0.25) is 0 Å². The molecule has 4 heteroatoms. The molecule has 0 aliphatic carbocycles. The number of carbonyl (C=O) groups excluding carboxylic acids is 1. The zero-order chi connectivity index (χ0) is 13.4. The van der Waals surface area contributed by atoms with Gasteiger partial charge in [0.2, 0.25) is 5.91 Å². The number of nitrogens with one attached hydrogen (secondary N) is 2. The minimum Gasteiger partial charge on any atom is -0.493 e. The molecule has 0 aliphatic heterocycles. The summed E-state index contributed by atoms with van der Waals surface area (Å²) in [5, 5.41) is 5.92. The van der Waals surface area contributed by atoms with Crippen LogP contribution in [0, 0.1) is 0 Å². The van der Waals surface area contributed by atoms with Crippen LogP contribution in [0.25, 0.3) is 0 Å². The molecule has 4 nitrogen and oxygen atoms in total. The average Bonchev–Trinajstić information content (AvgIpc) is 2.39. The van der Waals surface area contributed by atoms with Crippen molar-refractivity contribution in [1.29, 1.82) is 0 Å². The van der Waals surface area contributed by atoms with Gasteiger partial charge in [0.05, 0.1) is 13.0 Å². The molecular weight excluding hydrogens is 228 g/mol. The fraction of sp³-hybridized carbons (Fsp3) is 0.500. The van der Waals surface area contributed by atoms with E-state index in [4.69, 9.17) is 4.74 Å². The van der Waals surface area contributed by atoms with Crippen LogP contribution in [0.5, 0.6) is 5.75 Å². The zero-order valence-electron chi connectivity index (χ0n) is 11.3. The summed E-state index contributed by atoms with van der Waals surface area (Å²) in [4.78, 5) is 11.0. The van der Waals surface area contributed by atoms with Crippen LogP contribution in [0.1, 0.15) is 31.9 Å². The Bertz CT molecular complexity index is 363. The van der Waals surface area contributed by atoms with Crippen LogP contribution in [-0.4, -0.2) is 26.1 Å². The van der Waals surface area contributed by atoms with Crippen molar-refractivity contribution in [3.8, 4) is 5.75 Å². The predicted octanol–water partition coefficient (Wildman–Crippen LogP) is 1.87. The predicted molar refractivity (Wildman–Crippen MR) is 72.7 cm³/mol. The lowest BCUT2D eigenvalue weighted by Crippen LogP contribution is -2.20. The van der Waals surface area contributed by atoms with Crippen molar-refractivity contribution in [2.75, 3.05) is 20.2 Å². The summed E-state index contributed by atoms with van der Waals surface area (Å²) in [6.07, 6.45) is 0.381. The first kappa shape index (κ1) is 14.5. The van der Waals surface area contributed by atoms with E-state index in [-0.39, 0.29) is 5.91 Å². The highest BCUT2D eigenvalue weighted by atomic mass is 16.5. The lowest BCUT2D eigenvalue weighted by molar-refractivity contribution is -0.121. The van der Waals surface area contributed by atoms with Crippen molar-refractivity contribution in [3.63, 3.8) is 0 Å². The van der Waals surface area contributed by atoms with Gasteiger partial charge in [-0.2, -0.15) is 0 Å². The number of amides is 1. The number of rotatable bonds is 7. The van der Waals surface area contributed by atoms with E-state index in [0.717, 1.165) is 12.3 Å².